The monoisotopic (exact) mass is 517 g/mol. The number of aliphatic hydroxyl groups is 1. The highest BCUT2D eigenvalue weighted by molar-refractivity contribution is 7.09. The summed E-state index contributed by atoms with van der Waals surface area (Å²) in [5.41, 5.74) is 0.940. The number of aryl methyl sites for hydroxylation is 2. The first-order valence-corrected chi connectivity index (χ1v) is 11.9. The summed E-state index contributed by atoms with van der Waals surface area (Å²) in [6.45, 7) is 7.05. The van der Waals surface area contributed by atoms with Crippen molar-refractivity contribution in [3.63, 3.8) is 0 Å². The average molecular weight is 518 g/mol. The Balaban J connectivity index is 1.73. The van der Waals surface area contributed by atoms with Crippen LogP contribution in [0.15, 0.2) is 40.8 Å². The maximum absolute atomic E-state index is 13.2. The number of halogens is 2. The summed E-state index contributed by atoms with van der Waals surface area (Å²) in [7, 11) is 0. The van der Waals surface area contributed by atoms with Gasteiger partial charge in [-0.25, -0.2) is 15.0 Å². The molecule has 176 valence electrons. The van der Waals surface area contributed by atoms with Gasteiger partial charge in [-0.05, 0) is 39.8 Å². The van der Waals surface area contributed by atoms with Crippen molar-refractivity contribution >= 4 is 34.5 Å². The van der Waals surface area contributed by atoms with Gasteiger partial charge in [0.2, 0.25) is 0 Å². The second-order valence-electron chi connectivity index (χ2n) is 8.10. The van der Waals surface area contributed by atoms with Crippen LogP contribution in [-0.2, 0) is 12.2 Å². The second kappa shape index (κ2) is 9.42. The van der Waals surface area contributed by atoms with Gasteiger partial charge >= 0.3 is 0 Å². The number of hydrogen-bond acceptors (Lipinski definition) is 8. The maximum Gasteiger partial charge on any atom is 0.277 e. The molecule has 0 saturated carbocycles. The fourth-order valence-electron chi connectivity index (χ4n) is 3.25. The third-order valence-corrected chi connectivity index (χ3v) is 6.34. The largest absolute Gasteiger partial charge is 0.485 e. The molecule has 8 nitrogen and oxygen atoms in total. The van der Waals surface area contributed by atoms with Crippen LogP contribution in [0.4, 0.5) is 0 Å². The van der Waals surface area contributed by atoms with Crippen LogP contribution in [-0.4, -0.2) is 29.6 Å². The number of ether oxygens (including phenoxy) is 1. The van der Waals surface area contributed by atoms with Crippen LogP contribution in [0.25, 0.3) is 17.1 Å². The Morgan fingerprint density at radius 3 is 2.59 bits per heavy atom. The van der Waals surface area contributed by atoms with E-state index in [0.29, 0.717) is 22.8 Å². The molecular formula is C23H21Cl2N5O3S. The summed E-state index contributed by atoms with van der Waals surface area (Å²) in [5, 5.41) is 13.3. The number of hydrogen-bond donors (Lipinski definition) is 1. The molecule has 0 unspecified atom stereocenters. The zero-order chi connectivity index (χ0) is 24.6. The lowest BCUT2D eigenvalue weighted by atomic mass is 10.1. The molecule has 11 heteroatoms. The average Bonchev–Trinajstić information content (AvgIpc) is 3.21. The second-order valence-corrected chi connectivity index (χ2v) is 9.94. The molecule has 4 rings (SSSR count). The van der Waals surface area contributed by atoms with Crippen LogP contribution in [0, 0.1) is 13.8 Å². The molecule has 0 atom stereocenters. The quantitative estimate of drug-likeness (QED) is 0.388. The Kier molecular flexibility index (Phi) is 6.73. The number of rotatable bonds is 6. The van der Waals surface area contributed by atoms with Gasteiger partial charge in [0.25, 0.3) is 5.56 Å². The Bertz CT molecular complexity index is 1430. The lowest BCUT2D eigenvalue weighted by Gasteiger charge is -2.17. The maximum atomic E-state index is 13.2. The van der Waals surface area contributed by atoms with Crippen molar-refractivity contribution < 1.29 is 9.84 Å². The third kappa shape index (κ3) is 4.97. The van der Waals surface area contributed by atoms with Crippen molar-refractivity contribution in [1.29, 1.82) is 0 Å². The summed E-state index contributed by atoms with van der Waals surface area (Å²) in [6.07, 6.45) is 2.97. The number of nitrogens with zero attached hydrogens (tertiary/aromatic N) is 5. The van der Waals surface area contributed by atoms with E-state index >= 15 is 0 Å². The molecule has 0 aliphatic carbocycles. The molecule has 0 amide bonds. The van der Waals surface area contributed by atoms with Crippen molar-refractivity contribution in [2.75, 3.05) is 0 Å². The first kappa shape index (κ1) is 24.3. The van der Waals surface area contributed by atoms with E-state index in [-0.39, 0.29) is 28.2 Å². The Morgan fingerprint density at radius 2 is 1.91 bits per heavy atom. The lowest BCUT2D eigenvalue weighted by molar-refractivity contribution is 0.0688. The Labute approximate surface area is 209 Å². The fourth-order valence-corrected chi connectivity index (χ4v) is 4.23. The highest BCUT2D eigenvalue weighted by atomic mass is 35.5. The van der Waals surface area contributed by atoms with E-state index in [0.717, 1.165) is 10.7 Å². The van der Waals surface area contributed by atoms with E-state index in [1.807, 2.05) is 12.3 Å². The number of thiazole rings is 1. The molecule has 34 heavy (non-hydrogen) atoms. The molecule has 0 spiro atoms. The van der Waals surface area contributed by atoms with Crippen LogP contribution in [0.2, 0.25) is 10.0 Å². The highest BCUT2D eigenvalue weighted by Gasteiger charge is 2.21. The molecule has 0 saturated heterocycles. The normalized spacial score (nSPS) is 11.6. The van der Waals surface area contributed by atoms with Crippen molar-refractivity contribution in [1.82, 2.24) is 24.5 Å². The third-order valence-electron chi connectivity index (χ3n) is 4.88. The standard InChI is InChI=1S/C23H21Cl2N5O3S/c1-12-7-19(33-10-14-11-34-13(2)28-14)20(25)21(31)30(12)18-8-17(27-9-15(18)24)16-5-6-26-22(29-16)23(3,4)32/h5-9,11,32H,10H2,1-4H3. The predicted octanol–water partition coefficient (Wildman–Crippen LogP) is 4.88. The van der Waals surface area contributed by atoms with Crippen LogP contribution >= 0.6 is 34.5 Å². The Hall–Kier alpha value is -2.85. The molecule has 0 aromatic carbocycles. The molecule has 0 aliphatic heterocycles. The van der Waals surface area contributed by atoms with Gasteiger partial charge in [-0.2, -0.15) is 0 Å². The van der Waals surface area contributed by atoms with Crippen LogP contribution < -0.4 is 10.3 Å². The van der Waals surface area contributed by atoms with Crippen LogP contribution in [0.3, 0.4) is 0 Å². The summed E-state index contributed by atoms with van der Waals surface area (Å²) >= 11 is 14.3. The van der Waals surface area contributed by atoms with E-state index in [9.17, 15) is 9.90 Å². The molecule has 1 N–H and O–H groups in total. The highest BCUT2D eigenvalue weighted by Crippen LogP contribution is 2.29. The number of pyridine rings is 2. The molecule has 0 fully saturated rings. The minimum atomic E-state index is -1.22. The van der Waals surface area contributed by atoms with E-state index in [1.165, 1.54) is 28.3 Å². The minimum Gasteiger partial charge on any atom is -0.485 e. The zero-order valence-electron chi connectivity index (χ0n) is 18.8. The predicted molar refractivity (Wildman–Crippen MR) is 132 cm³/mol. The molecule has 0 radical (unpaired) electrons. The van der Waals surface area contributed by atoms with Crippen molar-refractivity contribution in [3.8, 4) is 22.8 Å². The summed E-state index contributed by atoms with van der Waals surface area (Å²) < 4.78 is 7.17. The minimum absolute atomic E-state index is 0.0710. The molecule has 4 heterocycles. The van der Waals surface area contributed by atoms with Crippen molar-refractivity contribution in [2.24, 2.45) is 0 Å². The van der Waals surface area contributed by atoms with E-state index < -0.39 is 11.2 Å². The fraction of sp³-hybridized carbons (Fsp3) is 0.261. The van der Waals surface area contributed by atoms with E-state index in [1.54, 1.807) is 39.0 Å². The summed E-state index contributed by atoms with van der Waals surface area (Å²) in [6, 6.07) is 4.98. The Morgan fingerprint density at radius 1 is 1.15 bits per heavy atom. The van der Waals surface area contributed by atoms with Crippen LogP contribution in [0.5, 0.6) is 5.75 Å². The first-order valence-electron chi connectivity index (χ1n) is 10.2. The SMILES string of the molecule is Cc1nc(COc2cc(C)n(-c3cc(-c4ccnc(C(C)(C)O)n4)ncc3Cl)c(=O)c2Cl)cs1. The molecule has 4 aromatic heterocycles. The van der Waals surface area contributed by atoms with Gasteiger partial charge in [-0.15, -0.1) is 11.3 Å². The van der Waals surface area contributed by atoms with Gasteiger partial charge in [0.1, 0.15) is 23.0 Å². The molecule has 4 aromatic rings. The summed E-state index contributed by atoms with van der Waals surface area (Å²) in [5.74, 6) is 0.513. The first-order chi connectivity index (χ1) is 16.0. The number of aromatic nitrogens is 5. The van der Waals surface area contributed by atoms with Gasteiger partial charge in [0, 0.05) is 29.5 Å². The van der Waals surface area contributed by atoms with Gasteiger partial charge in [-0.1, -0.05) is 23.2 Å². The van der Waals surface area contributed by atoms with Crippen molar-refractivity contribution in [3.05, 3.63) is 78.6 Å². The summed E-state index contributed by atoms with van der Waals surface area (Å²) in [4.78, 5) is 30.4. The van der Waals surface area contributed by atoms with E-state index in [2.05, 4.69) is 19.9 Å². The van der Waals surface area contributed by atoms with Gasteiger partial charge in [-0.3, -0.25) is 14.3 Å². The van der Waals surface area contributed by atoms with Gasteiger partial charge in [0.05, 0.1) is 32.8 Å². The van der Waals surface area contributed by atoms with E-state index in [4.69, 9.17) is 27.9 Å². The van der Waals surface area contributed by atoms with Gasteiger partial charge in [0.15, 0.2) is 5.82 Å². The zero-order valence-corrected chi connectivity index (χ0v) is 21.2. The smallest absolute Gasteiger partial charge is 0.277 e. The lowest BCUT2D eigenvalue weighted by Crippen LogP contribution is -2.22. The topological polar surface area (TPSA) is 103 Å². The molecule has 0 aliphatic rings. The molecular weight excluding hydrogens is 497 g/mol. The van der Waals surface area contributed by atoms with Crippen LogP contribution in [0.1, 0.15) is 36.1 Å². The van der Waals surface area contributed by atoms with Gasteiger partial charge < -0.3 is 9.84 Å². The van der Waals surface area contributed by atoms with Crippen molar-refractivity contribution in [2.45, 2.75) is 39.9 Å². The molecule has 0 bridgehead atoms.